The van der Waals surface area contributed by atoms with E-state index in [4.69, 9.17) is 18.9 Å². The Kier molecular flexibility index (Phi) is 6.09. The van der Waals surface area contributed by atoms with Crippen LogP contribution in [0.25, 0.3) is 0 Å². The third kappa shape index (κ3) is 3.58. The number of aliphatic hydroxyl groups excluding tert-OH is 4. The van der Waals surface area contributed by atoms with Gasteiger partial charge in [0.1, 0.15) is 41.7 Å². The average Bonchev–Trinajstić information content (AvgIpc) is 3.18. The zero-order chi connectivity index (χ0) is 19.0. The van der Waals surface area contributed by atoms with Gasteiger partial charge in [-0.2, -0.15) is 0 Å². The van der Waals surface area contributed by atoms with Crippen LogP contribution in [0, 0.1) is 0 Å². The topological polar surface area (TPSA) is 138 Å². The van der Waals surface area contributed by atoms with Crippen molar-refractivity contribution in [2.24, 2.45) is 0 Å². The van der Waals surface area contributed by atoms with Gasteiger partial charge in [-0.05, 0) is 6.08 Å². The van der Waals surface area contributed by atoms with Gasteiger partial charge in [-0.25, -0.2) is 0 Å². The lowest BCUT2D eigenvalue weighted by atomic mass is 9.98. The Morgan fingerprint density at radius 1 is 1.15 bits per heavy atom. The number of carbonyl (C=O) groups excluding carboxylic acids is 1. The highest BCUT2D eigenvalue weighted by Crippen LogP contribution is 2.36. The summed E-state index contributed by atoms with van der Waals surface area (Å²) < 4.78 is 21.0. The minimum atomic E-state index is -1.47. The molecule has 0 unspecified atom stereocenters. The maximum atomic E-state index is 12.3. The average molecular weight is 393 g/mol. The van der Waals surface area contributed by atoms with Crippen LogP contribution >= 0.6 is 11.8 Å². The van der Waals surface area contributed by atoms with E-state index in [2.05, 4.69) is 0 Å². The van der Waals surface area contributed by atoms with E-state index in [-0.39, 0.29) is 18.2 Å². The van der Waals surface area contributed by atoms with Crippen molar-refractivity contribution in [2.45, 2.75) is 48.5 Å². The molecule has 3 heterocycles. The van der Waals surface area contributed by atoms with Crippen LogP contribution in [-0.2, 0) is 23.7 Å². The van der Waals surface area contributed by atoms with Gasteiger partial charge in [-0.3, -0.25) is 4.79 Å². The summed E-state index contributed by atoms with van der Waals surface area (Å²) in [5, 5.41) is 39.4. The molecule has 3 aliphatic heterocycles. The summed E-state index contributed by atoms with van der Waals surface area (Å²) in [6, 6.07) is 0. The first kappa shape index (κ1) is 19.8. The molecule has 2 fully saturated rings. The number of ether oxygens (including phenoxy) is 4. The highest BCUT2D eigenvalue weighted by molar-refractivity contribution is 8.01. The van der Waals surface area contributed by atoms with Gasteiger partial charge < -0.3 is 44.3 Å². The molecule has 0 radical (unpaired) electrons. The van der Waals surface area contributed by atoms with Crippen LogP contribution in [0.4, 0.5) is 0 Å². The van der Waals surface area contributed by atoms with Crippen molar-refractivity contribution >= 4 is 17.7 Å². The van der Waals surface area contributed by atoms with Gasteiger partial charge in [0.25, 0.3) is 0 Å². The second-order valence-corrected chi connectivity index (χ2v) is 7.31. The molecular weight excluding hydrogens is 370 g/mol. The molecule has 26 heavy (non-hydrogen) atoms. The monoisotopic (exact) mass is 393 g/mol. The van der Waals surface area contributed by atoms with Crippen LogP contribution in [0.15, 0.2) is 11.8 Å². The van der Waals surface area contributed by atoms with Gasteiger partial charge >= 0.3 is 0 Å². The Hall–Kier alpha value is -0.920. The molecule has 1 amide bonds. The van der Waals surface area contributed by atoms with E-state index in [0.29, 0.717) is 5.76 Å². The van der Waals surface area contributed by atoms with Crippen molar-refractivity contribution in [1.82, 2.24) is 4.90 Å². The molecule has 0 saturated carbocycles. The third-order valence-electron chi connectivity index (χ3n) is 4.59. The molecule has 0 aromatic rings. The molecular formula is C15H23NO9S. The van der Waals surface area contributed by atoms with Crippen molar-refractivity contribution < 1.29 is 44.2 Å². The van der Waals surface area contributed by atoms with Gasteiger partial charge in [-0.15, -0.1) is 11.8 Å². The van der Waals surface area contributed by atoms with E-state index in [1.807, 2.05) is 0 Å². The second-order valence-electron chi connectivity index (χ2n) is 6.24. The summed E-state index contributed by atoms with van der Waals surface area (Å²) in [6.07, 6.45) is -6.65. The minimum Gasteiger partial charge on any atom is -0.463 e. The highest BCUT2D eigenvalue weighted by atomic mass is 32.2. The van der Waals surface area contributed by atoms with Crippen molar-refractivity contribution in [1.29, 1.82) is 0 Å². The lowest BCUT2D eigenvalue weighted by Gasteiger charge is -2.41. The molecule has 0 spiro atoms. The zero-order valence-electron chi connectivity index (χ0n) is 14.3. The number of aliphatic hydroxyl groups is 4. The fourth-order valence-corrected chi connectivity index (χ4v) is 4.31. The fourth-order valence-electron chi connectivity index (χ4n) is 3.16. The summed E-state index contributed by atoms with van der Waals surface area (Å²) in [7, 11) is 2.71. The van der Waals surface area contributed by atoms with Gasteiger partial charge in [0.2, 0.25) is 12.2 Å². The SMILES string of the molecule is CO[C@H]1O[C@H](CN2C(=O)CS[C@H]2C2=C[C@@H](O)[C@H](OC)O2)[C@@H](O)[C@H](O)[C@H]1O. The van der Waals surface area contributed by atoms with Crippen molar-refractivity contribution in [3.05, 3.63) is 11.8 Å². The van der Waals surface area contributed by atoms with Crippen LogP contribution in [0.2, 0.25) is 0 Å². The van der Waals surface area contributed by atoms with E-state index < -0.39 is 48.5 Å². The highest BCUT2D eigenvalue weighted by Gasteiger charge is 2.47. The van der Waals surface area contributed by atoms with Crippen LogP contribution in [0.1, 0.15) is 0 Å². The lowest BCUT2D eigenvalue weighted by molar-refractivity contribution is -0.291. The van der Waals surface area contributed by atoms with Gasteiger partial charge in [0.15, 0.2) is 6.29 Å². The number of hydrogen-bond donors (Lipinski definition) is 4. The largest absolute Gasteiger partial charge is 0.463 e. The molecule has 2 saturated heterocycles. The summed E-state index contributed by atoms with van der Waals surface area (Å²) in [5.74, 6) is 0.375. The Morgan fingerprint density at radius 3 is 2.46 bits per heavy atom. The van der Waals surface area contributed by atoms with E-state index in [1.165, 1.54) is 37.0 Å². The number of amides is 1. The lowest BCUT2D eigenvalue weighted by Crippen LogP contribution is -2.61. The summed E-state index contributed by atoms with van der Waals surface area (Å²) >= 11 is 1.30. The van der Waals surface area contributed by atoms with E-state index >= 15 is 0 Å². The van der Waals surface area contributed by atoms with Crippen LogP contribution < -0.4 is 0 Å². The van der Waals surface area contributed by atoms with Crippen LogP contribution in [0.3, 0.4) is 0 Å². The molecule has 11 heteroatoms. The summed E-state index contributed by atoms with van der Waals surface area (Å²) in [5.41, 5.74) is 0. The van der Waals surface area contributed by atoms with E-state index in [1.54, 1.807) is 0 Å². The normalized spacial score (nSPS) is 43.5. The second kappa shape index (κ2) is 7.98. The molecule has 10 nitrogen and oxygen atoms in total. The molecule has 3 aliphatic rings. The van der Waals surface area contributed by atoms with Crippen molar-refractivity contribution in [3.63, 3.8) is 0 Å². The molecule has 0 bridgehead atoms. The quantitative estimate of drug-likeness (QED) is 0.399. The maximum Gasteiger partial charge on any atom is 0.234 e. The molecule has 0 aliphatic carbocycles. The number of nitrogens with zero attached hydrogens (tertiary/aromatic N) is 1. The fraction of sp³-hybridized carbons (Fsp3) is 0.800. The molecule has 0 aromatic heterocycles. The van der Waals surface area contributed by atoms with Crippen molar-refractivity contribution in [3.8, 4) is 0 Å². The van der Waals surface area contributed by atoms with Gasteiger partial charge in [0.05, 0.1) is 12.3 Å². The Morgan fingerprint density at radius 2 is 1.85 bits per heavy atom. The number of carbonyl (C=O) groups is 1. The van der Waals surface area contributed by atoms with E-state index in [0.717, 1.165) is 0 Å². The molecule has 4 N–H and O–H groups in total. The van der Waals surface area contributed by atoms with Crippen LogP contribution in [-0.4, -0.2) is 106 Å². The van der Waals surface area contributed by atoms with Crippen LogP contribution in [0.5, 0.6) is 0 Å². The third-order valence-corrected chi connectivity index (χ3v) is 5.80. The molecule has 3 rings (SSSR count). The Balaban J connectivity index is 1.73. The number of methoxy groups -OCH3 is 2. The number of rotatable bonds is 5. The molecule has 148 valence electrons. The summed E-state index contributed by atoms with van der Waals surface area (Å²) in [6.45, 7) is -0.0459. The van der Waals surface area contributed by atoms with E-state index in [9.17, 15) is 25.2 Å². The summed E-state index contributed by atoms with van der Waals surface area (Å²) in [4.78, 5) is 13.7. The minimum absolute atomic E-state index is 0.0459. The predicted molar refractivity (Wildman–Crippen MR) is 87.6 cm³/mol. The number of thioether (sulfide) groups is 1. The predicted octanol–water partition coefficient (Wildman–Crippen LogP) is -2.41. The Bertz CT molecular complexity index is 559. The Labute approximate surface area is 154 Å². The van der Waals surface area contributed by atoms with Gasteiger partial charge in [0, 0.05) is 14.2 Å². The number of hydrogen-bond acceptors (Lipinski definition) is 10. The zero-order valence-corrected chi connectivity index (χ0v) is 15.1. The van der Waals surface area contributed by atoms with Crippen molar-refractivity contribution in [2.75, 3.05) is 26.5 Å². The molecule has 0 aromatic carbocycles. The first-order chi connectivity index (χ1) is 12.4. The maximum absolute atomic E-state index is 12.3. The molecule has 8 atom stereocenters. The van der Waals surface area contributed by atoms with Gasteiger partial charge in [-0.1, -0.05) is 0 Å². The first-order valence-corrected chi connectivity index (χ1v) is 9.15. The first-order valence-electron chi connectivity index (χ1n) is 8.10. The standard InChI is InChI=1S/C15H23NO9S/c1-22-14-6(17)3-7(24-14)13-16(9(18)5-26-13)4-8-10(19)11(20)12(21)15(23-2)25-8/h3,6,8,10-15,17,19-21H,4-5H2,1-2H3/t6-,8-,10-,11+,12-,13+,14-,15+/m1/s1. The smallest absolute Gasteiger partial charge is 0.234 e.